The van der Waals surface area contributed by atoms with Crippen LogP contribution in [0, 0.1) is 11.8 Å². The fourth-order valence-electron chi connectivity index (χ4n) is 3.55. The van der Waals surface area contributed by atoms with Gasteiger partial charge in [-0.2, -0.15) is 5.10 Å². The van der Waals surface area contributed by atoms with E-state index in [-0.39, 0.29) is 18.3 Å². The van der Waals surface area contributed by atoms with Crippen LogP contribution in [0.5, 0.6) is 0 Å². The lowest BCUT2D eigenvalue weighted by molar-refractivity contribution is 0.0677. The van der Waals surface area contributed by atoms with E-state index in [4.69, 9.17) is 0 Å². The molecule has 0 aromatic carbocycles. The number of aromatic nitrogens is 2. The van der Waals surface area contributed by atoms with Crippen molar-refractivity contribution in [1.29, 1.82) is 0 Å². The molecule has 0 spiro atoms. The highest BCUT2D eigenvalue weighted by atomic mass is 35.5. The highest BCUT2D eigenvalue weighted by Gasteiger charge is 2.28. The molecule has 1 amide bonds. The summed E-state index contributed by atoms with van der Waals surface area (Å²) in [5.41, 5.74) is 2.86. The molecule has 0 radical (unpaired) electrons. The number of carbonyl (C=O) groups excluding carboxylic acids is 1. The number of fused-ring (bicyclic) bond motifs is 1. The summed E-state index contributed by atoms with van der Waals surface area (Å²) in [5.74, 6) is 1.69. The maximum Gasteiger partial charge on any atom is 0.274 e. The first-order valence-corrected chi connectivity index (χ1v) is 8.71. The van der Waals surface area contributed by atoms with Crippen LogP contribution in [0.1, 0.15) is 61.3 Å². The number of halogens is 1. The molecule has 3 heterocycles. The van der Waals surface area contributed by atoms with Crippen LogP contribution >= 0.6 is 12.4 Å². The average molecular weight is 341 g/mol. The number of hydrogen-bond donors (Lipinski definition) is 2. The van der Waals surface area contributed by atoms with Gasteiger partial charge < -0.3 is 10.2 Å². The number of rotatable bonds is 4. The van der Waals surface area contributed by atoms with Crippen LogP contribution in [-0.4, -0.2) is 40.6 Å². The lowest BCUT2D eigenvalue weighted by Gasteiger charge is -2.32. The molecule has 0 saturated carbocycles. The molecule has 1 fully saturated rings. The Morgan fingerprint density at radius 1 is 1.35 bits per heavy atom. The molecule has 1 aromatic heterocycles. The summed E-state index contributed by atoms with van der Waals surface area (Å²) in [5, 5.41) is 10.7. The van der Waals surface area contributed by atoms with Gasteiger partial charge in [-0.25, -0.2) is 0 Å². The minimum Gasteiger partial charge on any atom is -0.337 e. The zero-order valence-electron chi connectivity index (χ0n) is 14.2. The second-order valence-corrected chi connectivity index (χ2v) is 7.16. The second kappa shape index (κ2) is 8.15. The van der Waals surface area contributed by atoms with Gasteiger partial charge in [-0.3, -0.25) is 9.89 Å². The fraction of sp³-hybridized carbons (Fsp3) is 0.765. The summed E-state index contributed by atoms with van der Waals surface area (Å²) in [7, 11) is 0. The summed E-state index contributed by atoms with van der Waals surface area (Å²) >= 11 is 0. The molecular weight excluding hydrogens is 312 g/mol. The number of nitrogens with one attached hydrogen (secondary N) is 2. The quantitative estimate of drug-likeness (QED) is 0.886. The number of H-pyrrole nitrogens is 1. The van der Waals surface area contributed by atoms with E-state index in [1.165, 1.54) is 12.8 Å². The monoisotopic (exact) mass is 340 g/mol. The maximum absolute atomic E-state index is 12.7. The predicted octanol–water partition coefficient (Wildman–Crippen LogP) is 2.77. The highest BCUT2D eigenvalue weighted by molar-refractivity contribution is 5.94. The molecule has 0 unspecified atom stereocenters. The van der Waals surface area contributed by atoms with E-state index in [0.29, 0.717) is 5.69 Å². The molecule has 2 N–H and O–H groups in total. The van der Waals surface area contributed by atoms with Gasteiger partial charge in [-0.1, -0.05) is 26.7 Å². The first kappa shape index (κ1) is 18.3. The minimum atomic E-state index is 0. The van der Waals surface area contributed by atoms with E-state index in [9.17, 15) is 4.79 Å². The second-order valence-electron chi connectivity index (χ2n) is 7.16. The third kappa shape index (κ3) is 4.27. The van der Waals surface area contributed by atoms with Gasteiger partial charge in [-0.15, -0.1) is 12.4 Å². The number of amides is 1. The van der Waals surface area contributed by atoms with Gasteiger partial charge in [0.1, 0.15) is 0 Å². The molecule has 1 saturated heterocycles. The third-order valence-electron chi connectivity index (χ3n) is 5.06. The van der Waals surface area contributed by atoms with Crippen molar-refractivity contribution < 1.29 is 4.79 Å². The number of nitrogens with zero attached hydrogens (tertiary/aromatic N) is 2. The molecule has 0 atom stereocenters. The van der Waals surface area contributed by atoms with E-state index in [1.54, 1.807) is 0 Å². The van der Waals surface area contributed by atoms with Crippen LogP contribution in [0.4, 0.5) is 0 Å². The summed E-state index contributed by atoms with van der Waals surface area (Å²) < 4.78 is 0. The molecule has 6 heteroatoms. The van der Waals surface area contributed by atoms with Crippen molar-refractivity contribution in [2.24, 2.45) is 11.8 Å². The average Bonchev–Trinajstić information content (AvgIpc) is 2.97. The third-order valence-corrected chi connectivity index (χ3v) is 5.06. The van der Waals surface area contributed by atoms with E-state index in [0.717, 1.165) is 68.5 Å². The Morgan fingerprint density at radius 3 is 2.78 bits per heavy atom. The number of piperidine rings is 1. The smallest absolute Gasteiger partial charge is 0.274 e. The number of likely N-dealkylation sites (tertiary alicyclic amines) is 1. The number of hydrogen-bond acceptors (Lipinski definition) is 3. The van der Waals surface area contributed by atoms with Gasteiger partial charge in [0.2, 0.25) is 0 Å². The minimum absolute atomic E-state index is 0. The lowest BCUT2D eigenvalue weighted by Crippen LogP contribution is -2.39. The molecule has 130 valence electrons. The Hall–Kier alpha value is -1.07. The van der Waals surface area contributed by atoms with Gasteiger partial charge >= 0.3 is 0 Å². The van der Waals surface area contributed by atoms with Crippen LogP contribution < -0.4 is 5.32 Å². The highest BCUT2D eigenvalue weighted by Crippen LogP contribution is 2.25. The molecule has 2 aliphatic rings. The molecule has 3 rings (SSSR count). The van der Waals surface area contributed by atoms with Crippen molar-refractivity contribution in [3.63, 3.8) is 0 Å². The van der Waals surface area contributed by atoms with E-state index < -0.39 is 0 Å². The molecule has 2 aliphatic heterocycles. The molecular formula is C17H29ClN4O. The lowest BCUT2D eigenvalue weighted by atomic mass is 9.89. The first-order valence-electron chi connectivity index (χ1n) is 8.71. The number of aromatic amines is 1. The first-order chi connectivity index (χ1) is 10.6. The standard InChI is InChI=1S/C17H28N4O.ClH/c1-12(2)3-4-13-6-9-21(10-7-13)17(22)16-14-11-18-8-5-15(14)19-20-16;/h12-13,18H,3-11H2,1-2H3,(H,19,20);1H. The topological polar surface area (TPSA) is 61.0 Å². The van der Waals surface area contributed by atoms with Crippen LogP contribution in [0.2, 0.25) is 0 Å². The van der Waals surface area contributed by atoms with Crippen LogP contribution in [0.15, 0.2) is 0 Å². The summed E-state index contributed by atoms with van der Waals surface area (Å²) in [6.07, 6.45) is 5.83. The van der Waals surface area contributed by atoms with Gasteiger partial charge in [0.05, 0.1) is 0 Å². The molecule has 1 aromatic rings. The Labute approximate surface area is 145 Å². The Kier molecular flexibility index (Phi) is 6.48. The van der Waals surface area contributed by atoms with Crippen LogP contribution in [-0.2, 0) is 13.0 Å². The van der Waals surface area contributed by atoms with Crippen molar-refractivity contribution in [1.82, 2.24) is 20.4 Å². The fourth-order valence-corrected chi connectivity index (χ4v) is 3.55. The molecule has 23 heavy (non-hydrogen) atoms. The molecule has 5 nitrogen and oxygen atoms in total. The maximum atomic E-state index is 12.7. The van der Waals surface area contributed by atoms with Crippen LogP contribution in [0.3, 0.4) is 0 Å². The van der Waals surface area contributed by atoms with Gasteiger partial charge in [0.25, 0.3) is 5.91 Å². The van der Waals surface area contributed by atoms with Crippen LogP contribution in [0.25, 0.3) is 0 Å². The molecule has 0 aliphatic carbocycles. The SMILES string of the molecule is CC(C)CCC1CCN(C(=O)c2n[nH]c3c2CNCC3)CC1.Cl. The largest absolute Gasteiger partial charge is 0.337 e. The van der Waals surface area contributed by atoms with Gasteiger partial charge in [0.15, 0.2) is 5.69 Å². The van der Waals surface area contributed by atoms with E-state index in [1.807, 2.05) is 4.90 Å². The Bertz CT molecular complexity index is 521. The van der Waals surface area contributed by atoms with E-state index in [2.05, 4.69) is 29.4 Å². The Balaban J connectivity index is 0.00000192. The van der Waals surface area contributed by atoms with Crippen molar-refractivity contribution in [2.75, 3.05) is 19.6 Å². The summed E-state index contributed by atoms with van der Waals surface area (Å²) in [4.78, 5) is 14.7. The predicted molar refractivity (Wildman–Crippen MR) is 93.9 cm³/mol. The van der Waals surface area contributed by atoms with Crippen molar-refractivity contribution in [3.05, 3.63) is 17.0 Å². The normalized spacial score (nSPS) is 18.7. The van der Waals surface area contributed by atoms with E-state index >= 15 is 0 Å². The zero-order valence-corrected chi connectivity index (χ0v) is 15.0. The molecule has 0 bridgehead atoms. The zero-order chi connectivity index (χ0) is 15.5. The number of carbonyl (C=O) groups is 1. The van der Waals surface area contributed by atoms with Gasteiger partial charge in [0, 0.05) is 43.9 Å². The summed E-state index contributed by atoms with van der Waals surface area (Å²) in [6, 6.07) is 0. The van der Waals surface area contributed by atoms with Crippen molar-refractivity contribution in [3.8, 4) is 0 Å². The Morgan fingerprint density at radius 2 is 2.09 bits per heavy atom. The summed E-state index contributed by atoms with van der Waals surface area (Å²) in [6.45, 7) is 8.07. The van der Waals surface area contributed by atoms with Crippen molar-refractivity contribution >= 4 is 18.3 Å². The van der Waals surface area contributed by atoms with Gasteiger partial charge in [-0.05, 0) is 24.7 Å². The van der Waals surface area contributed by atoms with Crippen molar-refractivity contribution in [2.45, 2.75) is 52.5 Å².